The summed E-state index contributed by atoms with van der Waals surface area (Å²) >= 11 is 0. The van der Waals surface area contributed by atoms with Gasteiger partial charge in [-0.3, -0.25) is 0 Å². The van der Waals surface area contributed by atoms with Crippen LogP contribution in [-0.2, 0) is 18.4 Å². The fraction of sp³-hybridized carbons (Fsp3) is 0.348. The lowest BCUT2D eigenvalue weighted by molar-refractivity contribution is 0.282. The van der Waals surface area contributed by atoms with Gasteiger partial charge in [-0.05, 0) is 41.1 Å². The van der Waals surface area contributed by atoms with E-state index in [0.717, 1.165) is 22.4 Å². The summed E-state index contributed by atoms with van der Waals surface area (Å²) in [7, 11) is 3.17. The van der Waals surface area contributed by atoms with Crippen LogP contribution in [0.2, 0.25) is 0 Å². The zero-order chi connectivity index (χ0) is 23.4. The van der Waals surface area contributed by atoms with E-state index in [9.17, 15) is 4.79 Å². The van der Waals surface area contributed by atoms with Gasteiger partial charge < -0.3 is 14.2 Å². The normalized spacial score (nSPS) is 14.7. The van der Waals surface area contributed by atoms with Gasteiger partial charge in [0.2, 0.25) is 5.90 Å². The van der Waals surface area contributed by atoms with Gasteiger partial charge in [0.15, 0.2) is 11.5 Å². The number of nitrogens with zero attached hydrogens (tertiary/aromatic N) is 6. The van der Waals surface area contributed by atoms with Crippen molar-refractivity contribution in [1.29, 1.82) is 0 Å². The Labute approximate surface area is 191 Å². The van der Waals surface area contributed by atoms with Gasteiger partial charge in [0.25, 0.3) is 0 Å². The second-order valence-corrected chi connectivity index (χ2v) is 7.49. The standard InChI is InChI=1S/C23H26N6O4/c1-5-21(25-24-18-12-13-32-22-16(18)9-7-11-20(22)31-4)33-14-17-15(2)8-6-10-19(17)29-23(30)28(3)26-27-29/h6-11H,5,12-14H2,1-4H3/b24-18-,25-21+. The molecule has 0 radical (unpaired) electrons. The summed E-state index contributed by atoms with van der Waals surface area (Å²) in [6, 6.07) is 11.3. The van der Waals surface area contributed by atoms with Gasteiger partial charge in [-0.25, -0.2) is 4.79 Å². The second-order valence-electron chi connectivity index (χ2n) is 7.49. The molecule has 172 valence electrons. The van der Waals surface area contributed by atoms with Gasteiger partial charge in [0, 0.05) is 31.0 Å². The predicted octanol–water partition coefficient (Wildman–Crippen LogP) is 2.79. The van der Waals surface area contributed by atoms with Crippen LogP contribution in [0.3, 0.4) is 0 Å². The van der Waals surface area contributed by atoms with Crippen LogP contribution in [0.25, 0.3) is 5.69 Å². The molecule has 0 unspecified atom stereocenters. The number of ether oxygens (including phenoxy) is 3. The van der Waals surface area contributed by atoms with Crippen LogP contribution in [0.1, 0.15) is 36.5 Å². The van der Waals surface area contributed by atoms with Crippen molar-refractivity contribution in [3.05, 3.63) is 63.6 Å². The molecule has 0 amide bonds. The number of hydrogen-bond acceptors (Lipinski definition) is 8. The third kappa shape index (κ3) is 4.50. The van der Waals surface area contributed by atoms with Crippen molar-refractivity contribution < 1.29 is 14.2 Å². The van der Waals surface area contributed by atoms with E-state index in [1.165, 1.54) is 9.36 Å². The van der Waals surface area contributed by atoms with E-state index < -0.39 is 0 Å². The first-order chi connectivity index (χ1) is 16.0. The molecule has 10 heteroatoms. The zero-order valence-corrected chi connectivity index (χ0v) is 19.1. The van der Waals surface area contributed by atoms with Crippen molar-refractivity contribution in [2.45, 2.75) is 33.3 Å². The molecule has 1 aromatic heterocycles. The molecule has 0 spiro atoms. The van der Waals surface area contributed by atoms with Gasteiger partial charge in [-0.15, -0.1) is 5.10 Å². The average molecular weight is 450 g/mol. The molecule has 4 rings (SSSR count). The van der Waals surface area contributed by atoms with E-state index in [1.807, 2.05) is 50.2 Å². The Hall–Kier alpha value is -3.95. The van der Waals surface area contributed by atoms with E-state index in [4.69, 9.17) is 14.2 Å². The molecule has 0 bridgehead atoms. The fourth-order valence-electron chi connectivity index (χ4n) is 3.55. The lowest BCUT2D eigenvalue weighted by Crippen LogP contribution is -2.23. The molecular formula is C23H26N6O4. The molecule has 1 aliphatic heterocycles. The number of para-hydroxylation sites is 1. The number of hydrogen-bond donors (Lipinski definition) is 0. The van der Waals surface area contributed by atoms with Crippen molar-refractivity contribution in [2.24, 2.45) is 17.3 Å². The summed E-state index contributed by atoms with van der Waals surface area (Å²) < 4.78 is 19.6. The van der Waals surface area contributed by atoms with Crippen molar-refractivity contribution in [3.8, 4) is 17.2 Å². The lowest BCUT2D eigenvalue weighted by atomic mass is 10.0. The third-order valence-electron chi connectivity index (χ3n) is 5.40. The number of rotatable bonds is 6. The van der Waals surface area contributed by atoms with Crippen LogP contribution < -0.4 is 15.2 Å². The van der Waals surface area contributed by atoms with Gasteiger partial charge >= 0.3 is 5.69 Å². The number of fused-ring (bicyclic) bond motifs is 1. The molecule has 1 aliphatic rings. The molecule has 0 aliphatic carbocycles. The Morgan fingerprint density at radius 1 is 1.21 bits per heavy atom. The molecule has 0 saturated carbocycles. The minimum atomic E-state index is -0.328. The van der Waals surface area contributed by atoms with E-state index in [2.05, 4.69) is 20.6 Å². The molecule has 33 heavy (non-hydrogen) atoms. The van der Waals surface area contributed by atoms with Crippen molar-refractivity contribution in [1.82, 2.24) is 19.8 Å². The SMILES string of the molecule is CC/C(=N\N=C1\CCOc2c(OC)cccc21)OCc1c(C)cccc1-n1nnn(C)c1=O. The van der Waals surface area contributed by atoms with E-state index in [1.54, 1.807) is 14.2 Å². The topological polar surface area (TPSA) is 105 Å². The molecule has 0 saturated heterocycles. The molecule has 0 atom stereocenters. The summed E-state index contributed by atoms with van der Waals surface area (Å²) in [5, 5.41) is 16.6. The maximum Gasteiger partial charge on any atom is 0.368 e. The van der Waals surface area contributed by atoms with Crippen LogP contribution in [0.15, 0.2) is 51.4 Å². The van der Waals surface area contributed by atoms with Gasteiger partial charge in [-0.1, -0.05) is 25.1 Å². The number of methoxy groups -OCH3 is 1. The number of aromatic nitrogens is 4. The highest BCUT2D eigenvalue weighted by Gasteiger charge is 2.20. The Bertz CT molecular complexity index is 1270. The Morgan fingerprint density at radius 2 is 2.03 bits per heavy atom. The van der Waals surface area contributed by atoms with Crippen LogP contribution in [-0.4, -0.2) is 45.1 Å². The maximum atomic E-state index is 12.4. The largest absolute Gasteiger partial charge is 0.493 e. The Balaban J connectivity index is 1.59. The highest BCUT2D eigenvalue weighted by Crippen LogP contribution is 2.34. The second kappa shape index (κ2) is 9.68. The van der Waals surface area contributed by atoms with Gasteiger partial charge in [0.1, 0.15) is 6.61 Å². The van der Waals surface area contributed by atoms with Crippen molar-refractivity contribution in [2.75, 3.05) is 13.7 Å². The Kier molecular flexibility index (Phi) is 6.53. The molecule has 2 aromatic carbocycles. The number of benzene rings is 2. The van der Waals surface area contributed by atoms with E-state index in [-0.39, 0.29) is 12.3 Å². The third-order valence-corrected chi connectivity index (χ3v) is 5.40. The minimum Gasteiger partial charge on any atom is -0.493 e. The molecular weight excluding hydrogens is 424 g/mol. The minimum absolute atomic E-state index is 0.218. The first kappa shape index (κ1) is 22.3. The lowest BCUT2D eigenvalue weighted by Gasteiger charge is -2.20. The van der Waals surface area contributed by atoms with Crippen molar-refractivity contribution in [3.63, 3.8) is 0 Å². The highest BCUT2D eigenvalue weighted by atomic mass is 16.5. The Morgan fingerprint density at radius 3 is 2.76 bits per heavy atom. The summed E-state index contributed by atoms with van der Waals surface area (Å²) in [6.07, 6.45) is 1.20. The van der Waals surface area contributed by atoms with Crippen molar-refractivity contribution >= 4 is 11.6 Å². The number of tetrazole rings is 1. The van der Waals surface area contributed by atoms with Gasteiger partial charge in [0.05, 0.1) is 25.1 Å². The van der Waals surface area contributed by atoms with Gasteiger partial charge in [-0.2, -0.15) is 14.5 Å². The van der Waals surface area contributed by atoms with E-state index in [0.29, 0.717) is 42.5 Å². The predicted molar refractivity (Wildman–Crippen MR) is 123 cm³/mol. The molecule has 0 N–H and O–H groups in total. The van der Waals surface area contributed by atoms with Crippen LogP contribution in [0.5, 0.6) is 11.5 Å². The maximum absolute atomic E-state index is 12.4. The monoisotopic (exact) mass is 450 g/mol. The summed E-state index contributed by atoms with van der Waals surface area (Å²) in [5.41, 5.74) is 3.77. The average Bonchev–Trinajstić information content (AvgIpc) is 3.17. The fourth-order valence-corrected chi connectivity index (χ4v) is 3.55. The first-order valence-corrected chi connectivity index (χ1v) is 10.7. The first-order valence-electron chi connectivity index (χ1n) is 10.7. The van der Waals surface area contributed by atoms with E-state index >= 15 is 0 Å². The molecule has 3 aromatic rings. The summed E-state index contributed by atoms with van der Waals surface area (Å²) in [6.45, 7) is 4.63. The molecule has 10 nitrogen and oxygen atoms in total. The molecule has 0 fully saturated rings. The highest BCUT2D eigenvalue weighted by molar-refractivity contribution is 6.04. The summed E-state index contributed by atoms with van der Waals surface area (Å²) in [5.74, 6) is 1.83. The number of aryl methyl sites for hydroxylation is 2. The summed E-state index contributed by atoms with van der Waals surface area (Å²) in [4.78, 5) is 12.4. The molecule has 2 heterocycles. The van der Waals surface area contributed by atoms with Crippen LogP contribution >= 0.6 is 0 Å². The smallest absolute Gasteiger partial charge is 0.368 e. The van der Waals surface area contributed by atoms with Crippen LogP contribution in [0, 0.1) is 6.92 Å². The van der Waals surface area contributed by atoms with Crippen LogP contribution in [0.4, 0.5) is 0 Å². The quantitative estimate of drug-likeness (QED) is 0.325. The zero-order valence-electron chi connectivity index (χ0n) is 19.1.